The highest BCUT2D eigenvalue weighted by Crippen LogP contribution is 2.28. The van der Waals surface area contributed by atoms with Gasteiger partial charge in [-0.25, -0.2) is 4.98 Å². The van der Waals surface area contributed by atoms with Crippen molar-refractivity contribution in [2.45, 2.75) is 13.0 Å². The minimum Gasteiger partial charge on any atom is -0.504 e. The van der Waals surface area contributed by atoms with Crippen LogP contribution in [0, 0.1) is 12.3 Å². The number of phenolic OH excluding ortho intramolecular Hbond substituents is 1. The van der Waals surface area contributed by atoms with E-state index in [2.05, 4.69) is 16.2 Å². The number of thiazole rings is 1. The number of nitrogens with zero attached hydrogens (tertiary/aromatic N) is 1. The Morgan fingerprint density at radius 1 is 1.57 bits per heavy atom. The van der Waals surface area contributed by atoms with Crippen LogP contribution in [-0.4, -0.2) is 23.1 Å². The number of hydrogen-bond acceptors (Lipinski definition) is 5. The zero-order valence-electron chi connectivity index (χ0n) is 11.6. The predicted molar refractivity (Wildman–Crippen MR) is 80.6 cm³/mol. The average Bonchev–Trinajstić information content (AvgIpc) is 2.96. The van der Waals surface area contributed by atoms with Gasteiger partial charge in [-0.1, -0.05) is 6.07 Å². The smallest absolute Gasteiger partial charge is 0.271 e. The Kier molecular flexibility index (Phi) is 4.45. The third kappa shape index (κ3) is 3.33. The summed E-state index contributed by atoms with van der Waals surface area (Å²) in [6, 6.07) is 4.66. The standard InChI is InChI=1S/C15H14N2O3S/c1-4-14-17-11(8-21-14)15(19)16-9(2)10-5-6-12(18)13(7-10)20-3/h1,5-9,18H,2-3H3,(H,16,19). The van der Waals surface area contributed by atoms with Crippen LogP contribution in [0.15, 0.2) is 23.6 Å². The van der Waals surface area contributed by atoms with Gasteiger partial charge in [0.1, 0.15) is 5.69 Å². The molecule has 1 aromatic heterocycles. The number of rotatable bonds is 4. The summed E-state index contributed by atoms with van der Waals surface area (Å²) in [5, 5.41) is 14.5. The van der Waals surface area contributed by atoms with Gasteiger partial charge >= 0.3 is 0 Å². The lowest BCUT2D eigenvalue weighted by Gasteiger charge is -2.15. The van der Waals surface area contributed by atoms with Gasteiger partial charge in [-0.2, -0.15) is 0 Å². The van der Waals surface area contributed by atoms with Crippen molar-refractivity contribution in [2.75, 3.05) is 7.11 Å². The molecule has 1 unspecified atom stereocenters. The molecule has 108 valence electrons. The maximum absolute atomic E-state index is 12.1. The molecule has 1 aromatic carbocycles. The minimum atomic E-state index is -0.299. The van der Waals surface area contributed by atoms with Crippen LogP contribution >= 0.6 is 11.3 Å². The van der Waals surface area contributed by atoms with Crippen LogP contribution in [-0.2, 0) is 0 Å². The fourth-order valence-electron chi connectivity index (χ4n) is 1.76. The molecule has 0 aliphatic carbocycles. The summed E-state index contributed by atoms with van der Waals surface area (Å²) in [7, 11) is 1.47. The third-order valence-electron chi connectivity index (χ3n) is 2.91. The molecule has 0 spiro atoms. The second-order valence-electron chi connectivity index (χ2n) is 4.31. The van der Waals surface area contributed by atoms with Crippen molar-refractivity contribution in [2.24, 2.45) is 0 Å². The van der Waals surface area contributed by atoms with E-state index < -0.39 is 0 Å². The van der Waals surface area contributed by atoms with Gasteiger partial charge in [0.25, 0.3) is 5.91 Å². The molecule has 2 rings (SSSR count). The molecule has 5 nitrogen and oxygen atoms in total. The molecule has 0 aliphatic rings. The number of carbonyl (C=O) groups is 1. The van der Waals surface area contributed by atoms with E-state index in [4.69, 9.17) is 11.2 Å². The summed E-state index contributed by atoms with van der Waals surface area (Å²) < 4.78 is 5.05. The summed E-state index contributed by atoms with van der Waals surface area (Å²) >= 11 is 1.25. The highest BCUT2D eigenvalue weighted by Gasteiger charge is 2.15. The Hall–Kier alpha value is -2.52. The first-order chi connectivity index (χ1) is 10.0. The molecule has 0 bridgehead atoms. The van der Waals surface area contributed by atoms with E-state index in [0.29, 0.717) is 16.5 Å². The molecule has 1 heterocycles. The van der Waals surface area contributed by atoms with Gasteiger partial charge in [-0.15, -0.1) is 17.8 Å². The summed E-state index contributed by atoms with van der Waals surface area (Å²) in [6.07, 6.45) is 5.23. The molecule has 0 aliphatic heterocycles. The van der Waals surface area contributed by atoms with Crippen molar-refractivity contribution in [1.82, 2.24) is 10.3 Å². The second-order valence-corrected chi connectivity index (χ2v) is 5.17. The fraction of sp³-hybridized carbons (Fsp3) is 0.200. The number of nitrogens with one attached hydrogen (secondary N) is 1. The van der Waals surface area contributed by atoms with E-state index in [1.54, 1.807) is 17.5 Å². The molecule has 21 heavy (non-hydrogen) atoms. The summed E-state index contributed by atoms with van der Waals surface area (Å²) in [4.78, 5) is 16.1. The van der Waals surface area contributed by atoms with Gasteiger partial charge < -0.3 is 15.2 Å². The number of methoxy groups -OCH3 is 1. The number of amides is 1. The van der Waals surface area contributed by atoms with Crippen LogP contribution in [0.1, 0.15) is 34.0 Å². The van der Waals surface area contributed by atoms with Crippen molar-refractivity contribution >= 4 is 17.2 Å². The molecular formula is C15H14N2O3S. The fourth-order valence-corrected chi connectivity index (χ4v) is 2.36. The Bertz CT molecular complexity index is 703. The summed E-state index contributed by atoms with van der Waals surface area (Å²) in [5.41, 5.74) is 1.11. The Balaban J connectivity index is 2.12. The first-order valence-electron chi connectivity index (χ1n) is 6.15. The van der Waals surface area contributed by atoms with E-state index >= 15 is 0 Å². The minimum absolute atomic E-state index is 0.0536. The molecular weight excluding hydrogens is 288 g/mol. The van der Waals surface area contributed by atoms with Crippen molar-refractivity contribution in [3.05, 3.63) is 39.8 Å². The summed E-state index contributed by atoms with van der Waals surface area (Å²) in [6.45, 7) is 1.83. The Morgan fingerprint density at radius 3 is 2.95 bits per heavy atom. The number of aromatic nitrogens is 1. The lowest BCUT2D eigenvalue weighted by Crippen LogP contribution is -2.26. The Labute approximate surface area is 126 Å². The quantitative estimate of drug-likeness (QED) is 0.850. The van der Waals surface area contributed by atoms with E-state index in [0.717, 1.165) is 5.56 Å². The van der Waals surface area contributed by atoms with Crippen molar-refractivity contribution in [3.8, 4) is 23.8 Å². The molecule has 2 N–H and O–H groups in total. The molecule has 6 heteroatoms. The molecule has 0 fully saturated rings. The number of ether oxygens (including phenoxy) is 1. The van der Waals surface area contributed by atoms with Crippen molar-refractivity contribution in [3.63, 3.8) is 0 Å². The second kappa shape index (κ2) is 6.29. The topological polar surface area (TPSA) is 71.5 Å². The van der Waals surface area contributed by atoms with Crippen LogP contribution < -0.4 is 10.1 Å². The zero-order chi connectivity index (χ0) is 15.4. The largest absolute Gasteiger partial charge is 0.504 e. The first-order valence-corrected chi connectivity index (χ1v) is 7.03. The number of aromatic hydroxyl groups is 1. The van der Waals surface area contributed by atoms with Crippen LogP contribution in [0.4, 0.5) is 0 Å². The van der Waals surface area contributed by atoms with Crippen LogP contribution in [0.5, 0.6) is 11.5 Å². The number of benzene rings is 1. The lowest BCUT2D eigenvalue weighted by molar-refractivity contribution is 0.0935. The van der Waals surface area contributed by atoms with Gasteiger partial charge in [0.2, 0.25) is 0 Å². The predicted octanol–water partition coefficient (Wildman–Crippen LogP) is 2.33. The number of terminal acetylenes is 1. The van der Waals surface area contributed by atoms with E-state index in [-0.39, 0.29) is 17.7 Å². The number of phenols is 1. The molecule has 1 amide bonds. The maximum Gasteiger partial charge on any atom is 0.271 e. The van der Waals surface area contributed by atoms with Crippen molar-refractivity contribution < 1.29 is 14.6 Å². The first kappa shape index (κ1) is 14.9. The maximum atomic E-state index is 12.1. The third-order valence-corrected chi connectivity index (χ3v) is 3.69. The van der Waals surface area contributed by atoms with Gasteiger partial charge in [-0.3, -0.25) is 4.79 Å². The number of hydrogen-bond donors (Lipinski definition) is 2. The molecule has 2 aromatic rings. The average molecular weight is 302 g/mol. The van der Waals surface area contributed by atoms with Crippen molar-refractivity contribution in [1.29, 1.82) is 0 Å². The monoisotopic (exact) mass is 302 g/mol. The zero-order valence-corrected chi connectivity index (χ0v) is 12.4. The Morgan fingerprint density at radius 2 is 2.33 bits per heavy atom. The van der Waals surface area contributed by atoms with E-state index in [1.165, 1.54) is 24.5 Å². The van der Waals surface area contributed by atoms with Crippen LogP contribution in [0.2, 0.25) is 0 Å². The van der Waals surface area contributed by atoms with Crippen LogP contribution in [0.25, 0.3) is 0 Å². The summed E-state index contributed by atoms with van der Waals surface area (Å²) in [5.74, 6) is 2.50. The van der Waals surface area contributed by atoms with E-state index in [9.17, 15) is 9.90 Å². The van der Waals surface area contributed by atoms with Crippen LogP contribution in [0.3, 0.4) is 0 Å². The van der Waals surface area contributed by atoms with E-state index in [1.807, 2.05) is 6.92 Å². The lowest BCUT2D eigenvalue weighted by atomic mass is 10.1. The van der Waals surface area contributed by atoms with Gasteiger partial charge in [0.15, 0.2) is 16.5 Å². The SMILES string of the molecule is C#Cc1nc(C(=O)NC(C)c2ccc(O)c(OC)c2)cs1. The highest BCUT2D eigenvalue weighted by atomic mass is 32.1. The van der Waals surface area contributed by atoms with Gasteiger partial charge in [0.05, 0.1) is 13.2 Å². The normalized spacial score (nSPS) is 11.5. The molecule has 1 atom stereocenters. The molecule has 0 saturated heterocycles. The molecule has 0 radical (unpaired) electrons. The number of carbonyl (C=O) groups excluding carboxylic acids is 1. The van der Waals surface area contributed by atoms with Gasteiger partial charge in [0, 0.05) is 5.38 Å². The molecule has 0 saturated carbocycles. The van der Waals surface area contributed by atoms with Gasteiger partial charge in [-0.05, 0) is 30.5 Å². The highest BCUT2D eigenvalue weighted by molar-refractivity contribution is 7.10.